The highest BCUT2D eigenvalue weighted by molar-refractivity contribution is 5.88. The van der Waals surface area contributed by atoms with Crippen LogP contribution in [-0.2, 0) is 0 Å². The number of aryl methyl sites for hydroxylation is 2. The Kier molecular flexibility index (Phi) is 4.41. The second-order valence-corrected chi connectivity index (χ2v) is 5.82. The number of anilines is 2. The molecule has 1 aliphatic heterocycles. The summed E-state index contributed by atoms with van der Waals surface area (Å²) in [4.78, 5) is 24.9. The van der Waals surface area contributed by atoms with E-state index in [0.717, 1.165) is 24.5 Å². The van der Waals surface area contributed by atoms with Crippen LogP contribution in [0.2, 0.25) is 0 Å². The number of aromatic nitrogens is 2. The number of nitrogens with zero attached hydrogens (tertiary/aromatic N) is 4. The minimum absolute atomic E-state index is 0.0989. The van der Waals surface area contributed by atoms with Crippen LogP contribution in [0.1, 0.15) is 11.1 Å². The van der Waals surface area contributed by atoms with Crippen LogP contribution in [0.3, 0.4) is 0 Å². The number of hydrogen-bond donors (Lipinski definition) is 1. The topological polar surface area (TPSA) is 61.4 Å². The summed E-state index contributed by atoms with van der Waals surface area (Å²) in [5, 5.41) is 2.84. The Morgan fingerprint density at radius 1 is 1.04 bits per heavy atom. The summed E-state index contributed by atoms with van der Waals surface area (Å²) in [7, 11) is 0. The monoisotopic (exact) mass is 311 g/mol. The summed E-state index contributed by atoms with van der Waals surface area (Å²) in [6.45, 7) is 6.94. The molecule has 0 aliphatic carbocycles. The predicted octanol–water partition coefficient (Wildman–Crippen LogP) is 2.45. The van der Waals surface area contributed by atoms with Crippen LogP contribution in [0.5, 0.6) is 0 Å². The molecule has 0 saturated carbocycles. The van der Waals surface area contributed by atoms with E-state index in [1.54, 1.807) is 6.20 Å². The summed E-state index contributed by atoms with van der Waals surface area (Å²) >= 11 is 0. The molecular formula is C17H21N5O. The van der Waals surface area contributed by atoms with Crippen molar-refractivity contribution in [3.63, 3.8) is 0 Å². The molecule has 1 N–H and O–H groups in total. The van der Waals surface area contributed by atoms with Gasteiger partial charge in [0.25, 0.3) is 0 Å². The Labute approximate surface area is 136 Å². The first-order chi connectivity index (χ1) is 11.1. The zero-order valence-electron chi connectivity index (χ0n) is 13.5. The number of urea groups is 1. The second-order valence-electron chi connectivity index (χ2n) is 5.82. The Morgan fingerprint density at radius 3 is 2.48 bits per heavy atom. The zero-order valence-corrected chi connectivity index (χ0v) is 13.5. The standard InChI is InChI=1S/C17H21N5O/c1-13-5-6-18-16(11-13)21-7-9-22(10-8-21)17(23)20-15-4-3-14(2)12-19-15/h3-6,11-12H,7-10H2,1-2H3,(H,19,20,23). The molecule has 120 valence electrons. The van der Waals surface area contributed by atoms with E-state index in [-0.39, 0.29) is 6.03 Å². The molecule has 0 atom stereocenters. The Bertz CT molecular complexity index is 678. The van der Waals surface area contributed by atoms with Gasteiger partial charge in [-0.3, -0.25) is 5.32 Å². The predicted molar refractivity (Wildman–Crippen MR) is 90.8 cm³/mol. The lowest BCUT2D eigenvalue weighted by molar-refractivity contribution is 0.208. The van der Waals surface area contributed by atoms with Gasteiger partial charge in [0, 0.05) is 38.6 Å². The van der Waals surface area contributed by atoms with Crippen LogP contribution >= 0.6 is 0 Å². The molecule has 6 heteroatoms. The normalized spacial score (nSPS) is 14.7. The Balaban J connectivity index is 1.56. The molecule has 3 heterocycles. The lowest BCUT2D eigenvalue weighted by atomic mass is 10.2. The molecule has 6 nitrogen and oxygen atoms in total. The molecule has 1 aliphatic rings. The van der Waals surface area contributed by atoms with Crippen molar-refractivity contribution in [3.05, 3.63) is 47.8 Å². The van der Waals surface area contributed by atoms with E-state index >= 15 is 0 Å². The minimum atomic E-state index is -0.0989. The Hall–Kier alpha value is -2.63. The molecule has 1 fully saturated rings. The number of pyridine rings is 2. The fourth-order valence-corrected chi connectivity index (χ4v) is 2.56. The third-order valence-corrected chi connectivity index (χ3v) is 3.94. The van der Waals surface area contributed by atoms with Crippen molar-refractivity contribution in [1.29, 1.82) is 0 Å². The van der Waals surface area contributed by atoms with Crippen molar-refractivity contribution in [1.82, 2.24) is 14.9 Å². The molecular weight excluding hydrogens is 290 g/mol. The molecule has 0 aromatic carbocycles. The van der Waals surface area contributed by atoms with Gasteiger partial charge in [0.05, 0.1) is 0 Å². The largest absolute Gasteiger partial charge is 0.353 e. The summed E-state index contributed by atoms with van der Waals surface area (Å²) in [6, 6.07) is 7.72. The maximum atomic E-state index is 12.3. The number of carbonyl (C=O) groups excluding carboxylic acids is 1. The summed E-state index contributed by atoms with van der Waals surface area (Å²) in [5.41, 5.74) is 2.27. The maximum absolute atomic E-state index is 12.3. The van der Waals surface area contributed by atoms with Gasteiger partial charge in [-0.25, -0.2) is 14.8 Å². The van der Waals surface area contributed by atoms with Gasteiger partial charge in [-0.05, 0) is 43.2 Å². The van der Waals surface area contributed by atoms with Crippen LogP contribution in [0.25, 0.3) is 0 Å². The van der Waals surface area contributed by atoms with E-state index in [1.165, 1.54) is 5.56 Å². The smallest absolute Gasteiger partial charge is 0.323 e. The lowest BCUT2D eigenvalue weighted by Gasteiger charge is -2.35. The van der Waals surface area contributed by atoms with E-state index in [1.807, 2.05) is 36.2 Å². The third-order valence-electron chi connectivity index (χ3n) is 3.94. The van der Waals surface area contributed by atoms with Crippen molar-refractivity contribution in [3.8, 4) is 0 Å². The first-order valence-electron chi connectivity index (χ1n) is 7.78. The molecule has 2 aromatic rings. The summed E-state index contributed by atoms with van der Waals surface area (Å²) in [6.07, 6.45) is 3.57. The van der Waals surface area contributed by atoms with Gasteiger partial charge >= 0.3 is 6.03 Å². The quantitative estimate of drug-likeness (QED) is 0.925. The van der Waals surface area contributed by atoms with Gasteiger partial charge in [0.15, 0.2) is 0 Å². The highest BCUT2D eigenvalue weighted by atomic mass is 16.2. The molecule has 0 unspecified atom stereocenters. The van der Waals surface area contributed by atoms with Gasteiger partial charge in [-0.2, -0.15) is 0 Å². The van der Waals surface area contributed by atoms with Gasteiger partial charge < -0.3 is 9.80 Å². The van der Waals surface area contributed by atoms with E-state index in [4.69, 9.17) is 0 Å². The maximum Gasteiger partial charge on any atom is 0.323 e. The number of nitrogens with one attached hydrogen (secondary N) is 1. The van der Waals surface area contributed by atoms with Gasteiger partial charge in [0.2, 0.25) is 0 Å². The summed E-state index contributed by atoms with van der Waals surface area (Å²) < 4.78 is 0. The number of rotatable bonds is 2. The van der Waals surface area contributed by atoms with E-state index in [0.29, 0.717) is 18.9 Å². The van der Waals surface area contributed by atoms with Crippen molar-refractivity contribution >= 4 is 17.7 Å². The first kappa shape index (κ1) is 15.3. The van der Waals surface area contributed by atoms with E-state index in [2.05, 4.69) is 33.2 Å². The van der Waals surface area contributed by atoms with Crippen molar-refractivity contribution in [2.24, 2.45) is 0 Å². The van der Waals surface area contributed by atoms with E-state index < -0.39 is 0 Å². The molecule has 2 aromatic heterocycles. The number of piperazine rings is 1. The van der Waals surface area contributed by atoms with Crippen molar-refractivity contribution in [2.75, 3.05) is 36.4 Å². The molecule has 2 amide bonds. The van der Waals surface area contributed by atoms with Crippen LogP contribution in [0.4, 0.5) is 16.4 Å². The SMILES string of the molecule is Cc1ccc(NC(=O)N2CCN(c3cc(C)ccn3)CC2)nc1. The lowest BCUT2D eigenvalue weighted by Crippen LogP contribution is -2.50. The average Bonchev–Trinajstić information content (AvgIpc) is 2.57. The number of hydrogen-bond acceptors (Lipinski definition) is 4. The van der Waals surface area contributed by atoms with Crippen LogP contribution < -0.4 is 10.2 Å². The highest BCUT2D eigenvalue weighted by Crippen LogP contribution is 2.15. The van der Waals surface area contributed by atoms with Crippen LogP contribution in [0.15, 0.2) is 36.7 Å². The average molecular weight is 311 g/mol. The Morgan fingerprint density at radius 2 is 1.83 bits per heavy atom. The van der Waals surface area contributed by atoms with Crippen molar-refractivity contribution < 1.29 is 4.79 Å². The molecule has 1 saturated heterocycles. The second kappa shape index (κ2) is 6.64. The van der Waals surface area contributed by atoms with Gasteiger partial charge in [-0.1, -0.05) is 6.07 Å². The fourth-order valence-electron chi connectivity index (χ4n) is 2.56. The van der Waals surface area contributed by atoms with E-state index in [9.17, 15) is 4.79 Å². The zero-order chi connectivity index (χ0) is 16.2. The molecule has 0 bridgehead atoms. The van der Waals surface area contributed by atoms with Crippen LogP contribution in [0, 0.1) is 13.8 Å². The van der Waals surface area contributed by atoms with Gasteiger partial charge in [0.1, 0.15) is 11.6 Å². The highest BCUT2D eigenvalue weighted by Gasteiger charge is 2.22. The van der Waals surface area contributed by atoms with Gasteiger partial charge in [-0.15, -0.1) is 0 Å². The molecule has 0 spiro atoms. The fraction of sp³-hybridized carbons (Fsp3) is 0.353. The van der Waals surface area contributed by atoms with Crippen LogP contribution in [-0.4, -0.2) is 47.1 Å². The summed E-state index contributed by atoms with van der Waals surface area (Å²) in [5.74, 6) is 1.56. The number of carbonyl (C=O) groups is 1. The van der Waals surface area contributed by atoms with Crippen molar-refractivity contribution in [2.45, 2.75) is 13.8 Å². The number of amides is 2. The minimum Gasteiger partial charge on any atom is -0.353 e. The molecule has 3 rings (SSSR count). The third kappa shape index (κ3) is 3.77. The molecule has 23 heavy (non-hydrogen) atoms. The molecule has 0 radical (unpaired) electrons. The first-order valence-corrected chi connectivity index (χ1v) is 7.78.